The van der Waals surface area contributed by atoms with Gasteiger partial charge in [0.2, 0.25) is 0 Å². The fraction of sp³-hybridized carbons (Fsp3) is 0.0714. The summed E-state index contributed by atoms with van der Waals surface area (Å²) in [7, 11) is 0. The number of hydrogen-bond acceptors (Lipinski definition) is 2. The highest BCUT2D eigenvalue weighted by Crippen LogP contribution is 2.21. The fourth-order valence-electron chi connectivity index (χ4n) is 1.62. The lowest BCUT2D eigenvalue weighted by molar-refractivity contribution is 0.292. The molecule has 2 aromatic carbocycles. The maximum absolute atomic E-state index is 13.4. The summed E-state index contributed by atoms with van der Waals surface area (Å²) in [4.78, 5) is 0.171. The third-order valence-corrected chi connectivity index (χ3v) is 2.81. The molecule has 0 aliphatic carbocycles. The van der Waals surface area contributed by atoms with E-state index in [0.29, 0.717) is 11.3 Å². The minimum Gasteiger partial charge on any atom is -0.488 e. The first-order chi connectivity index (χ1) is 9.09. The second-order valence-corrected chi connectivity index (χ2v) is 4.29. The second kappa shape index (κ2) is 5.75. The van der Waals surface area contributed by atoms with Gasteiger partial charge in [0.1, 0.15) is 29.0 Å². The third-order valence-electron chi connectivity index (χ3n) is 2.59. The van der Waals surface area contributed by atoms with Crippen LogP contribution in [0.4, 0.5) is 8.78 Å². The molecule has 19 heavy (non-hydrogen) atoms. The molecule has 0 saturated heterocycles. The summed E-state index contributed by atoms with van der Waals surface area (Å²) in [5.41, 5.74) is 5.96. The third kappa shape index (κ3) is 3.06. The fourth-order valence-corrected chi connectivity index (χ4v) is 1.78. The van der Waals surface area contributed by atoms with Gasteiger partial charge in [-0.15, -0.1) is 0 Å². The van der Waals surface area contributed by atoms with Gasteiger partial charge in [0, 0.05) is 0 Å². The Morgan fingerprint density at radius 3 is 2.32 bits per heavy atom. The van der Waals surface area contributed by atoms with Crippen LogP contribution in [0.5, 0.6) is 5.75 Å². The molecule has 0 aliphatic rings. The Labute approximate surface area is 114 Å². The smallest absolute Gasteiger partial charge is 0.132 e. The summed E-state index contributed by atoms with van der Waals surface area (Å²) < 4.78 is 32.3. The molecule has 0 bridgehead atoms. The van der Waals surface area contributed by atoms with E-state index in [0.717, 1.165) is 0 Å². The normalized spacial score (nSPS) is 10.2. The quantitative estimate of drug-likeness (QED) is 0.873. The number of benzene rings is 2. The summed E-state index contributed by atoms with van der Waals surface area (Å²) in [6.45, 7) is -0.224. The van der Waals surface area contributed by atoms with Crippen molar-refractivity contribution in [2.24, 2.45) is 5.73 Å². The maximum atomic E-state index is 13.4. The molecule has 0 radical (unpaired) electrons. The first-order valence-corrected chi connectivity index (χ1v) is 5.95. The largest absolute Gasteiger partial charge is 0.488 e. The van der Waals surface area contributed by atoms with Crippen LogP contribution >= 0.6 is 12.2 Å². The monoisotopic (exact) mass is 279 g/mol. The molecule has 2 rings (SSSR count). The first-order valence-electron chi connectivity index (χ1n) is 5.54. The molecule has 2 N–H and O–H groups in total. The highest BCUT2D eigenvalue weighted by atomic mass is 32.1. The molecule has 0 heterocycles. The molecule has 2 aromatic rings. The van der Waals surface area contributed by atoms with Crippen molar-refractivity contribution in [2.45, 2.75) is 6.61 Å². The van der Waals surface area contributed by atoms with Gasteiger partial charge in [0.25, 0.3) is 0 Å². The van der Waals surface area contributed by atoms with Gasteiger partial charge >= 0.3 is 0 Å². The summed E-state index contributed by atoms with van der Waals surface area (Å²) in [6, 6.07) is 10.5. The lowest BCUT2D eigenvalue weighted by Crippen LogP contribution is -2.12. The summed E-state index contributed by atoms with van der Waals surface area (Å²) in [5, 5.41) is 0. The Balaban J connectivity index is 2.22. The molecule has 0 spiro atoms. The van der Waals surface area contributed by atoms with Crippen molar-refractivity contribution in [1.29, 1.82) is 0 Å². The van der Waals surface area contributed by atoms with Gasteiger partial charge in [-0.05, 0) is 24.3 Å². The van der Waals surface area contributed by atoms with Crippen LogP contribution < -0.4 is 10.5 Å². The van der Waals surface area contributed by atoms with Crippen LogP contribution in [0, 0.1) is 11.6 Å². The molecule has 2 nitrogen and oxygen atoms in total. The molecule has 0 saturated carbocycles. The Hall–Kier alpha value is -2.01. The van der Waals surface area contributed by atoms with Crippen LogP contribution in [0.1, 0.15) is 11.1 Å². The molecular weight excluding hydrogens is 268 g/mol. The standard InChI is InChI=1S/C14H11F2NOS/c15-11-5-3-6-12(16)10(11)8-18-13-7-2-1-4-9(13)14(17)19/h1-7H,8H2,(H2,17,19). The molecule has 5 heteroatoms. The highest BCUT2D eigenvalue weighted by Gasteiger charge is 2.11. The van der Waals surface area contributed by atoms with Gasteiger partial charge in [-0.1, -0.05) is 30.4 Å². The van der Waals surface area contributed by atoms with Crippen molar-refractivity contribution in [3.05, 3.63) is 65.2 Å². The van der Waals surface area contributed by atoms with Crippen molar-refractivity contribution in [2.75, 3.05) is 0 Å². The predicted molar refractivity (Wildman–Crippen MR) is 73.0 cm³/mol. The lowest BCUT2D eigenvalue weighted by Gasteiger charge is -2.11. The molecule has 98 valence electrons. The average molecular weight is 279 g/mol. The molecule has 0 atom stereocenters. The van der Waals surface area contributed by atoms with Crippen LogP contribution in [0.2, 0.25) is 0 Å². The topological polar surface area (TPSA) is 35.2 Å². The van der Waals surface area contributed by atoms with E-state index in [1.807, 2.05) is 0 Å². The van der Waals surface area contributed by atoms with E-state index in [-0.39, 0.29) is 17.2 Å². The number of rotatable bonds is 4. The number of hydrogen-bond donors (Lipinski definition) is 1. The molecule has 0 aromatic heterocycles. The van der Waals surface area contributed by atoms with Gasteiger partial charge in [-0.2, -0.15) is 0 Å². The number of thiocarbonyl (C=S) groups is 1. The van der Waals surface area contributed by atoms with Gasteiger partial charge < -0.3 is 10.5 Å². The Morgan fingerprint density at radius 1 is 1.05 bits per heavy atom. The molecule has 0 aliphatic heterocycles. The van der Waals surface area contributed by atoms with Crippen LogP contribution in [0.3, 0.4) is 0 Å². The Morgan fingerprint density at radius 2 is 1.68 bits per heavy atom. The van der Waals surface area contributed by atoms with Crippen LogP contribution in [0.25, 0.3) is 0 Å². The average Bonchev–Trinajstić information content (AvgIpc) is 2.38. The van der Waals surface area contributed by atoms with Gasteiger partial charge in [0.15, 0.2) is 0 Å². The Kier molecular flexibility index (Phi) is 4.06. The molecule has 0 amide bonds. The first kappa shape index (κ1) is 13.4. The summed E-state index contributed by atoms with van der Waals surface area (Å²) in [6.07, 6.45) is 0. The highest BCUT2D eigenvalue weighted by molar-refractivity contribution is 7.80. The van der Waals surface area contributed by atoms with E-state index in [4.69, 9.17) is 22.7 Å². The van der Waals surface area contributed by atoms with Crippen molar-refractivity contribution in [3.63, 3.8) is 0 Å². The van der Waals surface area contributed by atoms with Gasteiger partial charge in [-0.3, -0.25) is 0 Å². The van der Waals surface area contributed by atoms with E-state index < -0.39 is 11.6 Å². The van der Waals surface area contributed by atoms with E-state index in [1.165, 1.54) is 18.2 Å². The number of halogens is 2. The van der Waals surface area contributed by atoms with Crippen molar-refractivity contribution in [3.8, 4) is 5.75 Å². The second-order valence-electron chi connectivity index (χ2n) is 3.85. The van der Waals surface area contributed by atoms with E-state index in [2.05, 4.69) is 0 Å². The summed E-state index contributed by atoms with van der Waals surface area (Å²) >= 11 is 4.88. The zero-order chi connectivity index (χ0) is 13.8. The van der Waals surface area contributed by atoms with Gasteiger partial charge in [0.05, 0.1) is 11.1 Å². The number of para-hydroxylation sites is 1. The van der Waals surface area contributed by atoms with Crippen molar-refractivity contribution < 1.29 is 13.5 Å². The van der Waals surface area contributed by atoms with E-state index in [1.54, 1.807) is 24.3 Å². The van der Waals surface area contributed by atoms with Crippen molar-refractivity contribution in [1.82, 2.24) is 0 Å². The number of nitrogens with two attached hydrogens (primary N) is 1. The summed E-state index contributed by atoms with van der Waals surface area (Å²) in [5.74, 6) is -0.890. The number of ether oxygens (including phenoxy) is 1. The zero-order valence-electron chi connectivity index (χ0n) is 9.90. The minimum absolute atomic E-state index is 0.125. The zero-order valence-corrected chi connectivity index (χ0v) is 10.7. The van der Waals surface area contributed by atoms with Crippen LogP contribution in [-0.2, 0) is 6.61 Å². The molecule has 0 fully saturated rings. The van der Waals surface area contributed by atoms with Crippen molar-refractivity contribution >= 4 is 17.2 Å². The van der Waals surface area contributed by atoms with Crippen LogP contribution in [-0.4, -0.2) is 4.99 Å². The predicted octanol–water partition coefficient (Wildman–Crippen LogP) is 3.18. The van der Waals surface area contributed by atoms with Crippen LogP contribution in [0.15, 0.2) is 42.5 Å². The minimum atomic E-state index is -0.646. The van der Waals surface area contributed by atoms with E-state index >= 15 is 0 Å². The van der Waals surface area contributed by atoms with Gasteiger partial charge in [-0.25, -0.2) is 8.78 Å². The molecular formula is C14H11F2NOS. The Bertz CT molecular complexity index is 596. The SMILES string of the molecule is NC(=S)c1ccccc1OCc1c(F)cccc1F. The maximum Gasteiger partial charge on any atom is 0.132 e. The lowest BCUT2D eigenvalue weighted by atomic mass is 10.2. The van der Waals surface area contributed by atoms with E-state index in [9.17, 15) is 8.78 Å². The molecule has 0 unspecified atom stereocenters.